The fourth-order valence-corrected chi connectivity index (χ4v) is 7.15. The van der Waals surface area contributed by atoms with Crippen LogP contribution in [-0.2, 0) is 14.6 Å². The Morgan fingerprint density at radius 2 is 2.04 bits per heavy atom. The van der Waals surface area contributed by atoms with E-state index >= 15 is 0 Å². The van der Waals surface area contributed by atoms with E-state index < -0.39 is 9.84 Å². The average Bonchev–Trinajstić information content (AvgIpc) is 2.95. The summed E-state index contributed by atoms with van der Waals surface area (Å²) in [5.41, 5.74) is 0.970. The van der Waals surface area contributed by atoms with Crippen LogP contribution in [0, 0.1) is 0 Å². The first kappa shape index (κ1) is 16.5. The fourth-order valence-electron chi connectivity index (χ4n) is 3.15. The Labute approximate surface area is 141 Å². The van der Waals surface area contributed by atoms with E-state index in [1.807, 2.05) is 49.2 Å². The van der Waals surface area contributed by atoms with Gasteiger partial charge in [-0.1, -0.05) is 49.0 Å². The molecule has 0 N–H and O–H groups in total. The van der Waals surface area contributed by atoms with Crippen molar-refractivity contribution in [2.75, 3.05) is 18.6 Å². The van der Waals surface area contributed by atoms with Crippen molar-refractivity contribution in [1.29, 1.82) is 0 Å². The lowest BCUT2D eigenvalue weighted by atomic mass is 9.96. The maximum Gasteiger partial charge on any atom is 0.255 e. The second kappa shape index (κ2) is 6.28. The third-order valence-electron chi connectivity index (χ3n) is 4.44. The lowest BCUT2D eigenvalue weighted by Gasteiger charge is -2.18. The number of sulfone groups is 1. The quantitative estimate of drug-likeness (QED) is 0.831. The molecule has 1 aromatic carbocycles. The predicted molar refractivity (Wildman–Crippen MR) is 93.5 cm³/mol. The van der Waals surface area contributed by atoms with Gasteiger partial charge in [0, 0.05) is 12.3 Å². The van der Waals surface area contributed by atoms with Gasteiger partial charge in [0.1, 0.15) is 0 Å². The second-order valence-electron chi connectivity index (χ2n) is 6.02. The van der Waals surface area contributed by atoms with Gasteiger partial charge < -0.3 is 4.90 Å². The summed E-state index contributed by atoms with van der Waals surface area (Å²) in [5.74, 6) is -0.0715. The highest BCUT2D eigenvalue weighted by atomic mass is 32.2. The number of carbonyl (C=O) groups excluding carboxylic acids is 1. The minimum Gasteiger partial charge on any atom is -0.349 e. The molecule has 2 aliphatic heterocycles. The molecule has 3 rings (SSSR count). The second-order valence-corrected chi connectivity index (χ2v) is 9.38. The molecule has 0 bridgehead atoms. The Bertz CT molecular complexity index is 731. The van der Waals surface area contributed by atoms with E-state index in [-0.39, 0.29) is 34.6 Å². The lowest BCUT2D eigenvalue weighted by Crippen LogP contribution is -2.34. The van der Waals surface area contributed by atoms with Crippen LogP contribution < -0.4 is 0 Å². The van der Waals surface area contributed by atoms with Crippen molar-refractivity contribution in [2.24, 2.45) is 4.99 Å². The molecule has 1 amide bonds. The fraction of sp³-hybridized carbons (Fsp3) is 0.500. The molecular weight excluding hydrogens is 332 g/mol. The summed E-state index contributed by atoms with van der Waals surface area (Å²) in [7, 11) is -1.13. The summed E-state index contributed by atoms with van der Waals surface area (Å²) in [4.78, 5) is 18.7. The van der Waals surface area contributed by atoms with Crippen molar-refractivity contribution in [3.05, 3.63) is 35.9 Å². The first-order chi connectivity index (χ1) is 10.9. The smallest absolute Gasteiger partial charge is 0.255 e. The predicted octanol–water partition coefficient (Wildman–Crippen LogP) is 1.91. The molecule has 0 aliphatic carbocycles. The molecule has 0 saturated carbocycles. The molecule has 7 heteroatoms. The molecule has 1 aromatic rings. The summed E-state index contributed by atoms with van der Waals surface area (Å²) in [6, 6.07) is 9.59. The van der Waals surface area contributed by atoms with Gasteiger partial charge in [-0.3, -0.25) is 4.79 Å². The van der Waals surface area contributed by atoms with Gasteiger partial charge in [-0.05, 0) is 12.0 Å². The van der Waals surface area contributed by atoms with Gasteiger partial charge >= 0.3 is 0 Å². The van der Waals surface area contributed by atoms with E-state index in [1.165, 1.54) is 11.8 Å². The molecule has 2 saturated heterocycles. The van der Waals surface area contributed by atoms with Crippen LogP contribution in [0.15, 0.2) is 35.3 Å². The van der Waals surface area contributed by atoms with Crippen molar-refractivity contribution < 1.29 is 13.2 Å². The van der Waals surface area contributed by atoms with Crippen LogP contribution in [0.4, 0.5) is 0 Å². The number of rotatable bonds is 3. The Morgan fingerprint density at radius 1 is 1.35 bits per heavy atom. The number of amides is 1. The number of aliphatic imine (C=N–C) groups is 1. The van der Waals surface area contributed by atoms with Crippen LogP contribution in [0.25, 0.3) is 0 Å². The number of carbonyl (C=O) groups is 1. The van der Waals surface area contributed by atoms with Gasteiger partial charge in [0.05, 0.1) is 23.5 Å². The molecule has 2 fully saturated rings. The summed E-state index contributed by atoms with van der Waals surface area (Å²) in [5, 5.41) is 0.641. The highest BCUT2D eigenvalue weighted by Crippen LogP contribution is 2.37. The Balaban J connectivity index is 1.78. The maximum absolute atomic E-state index is 12.6. The number of hydrogen-bond acceptors (Lipinski definition) is 4. The summed E-state index contributed by atoms with van der Waals surface area (Å²) in [6.45, 7) is 1.97. The normalized spacial score (nSPS) is 28.8. The first-order valence-electron chi connectivity index (χ1n) is 7.68. The number of hydrogen-bond donors (Lipinski definition) is 0. The van der Waals surface area contributed by atoms with Crippen LogP contribution in [0.3, 0.4) is 0 Å². The standard InChI is InChI=1S/C16H20N2O3S2/c1-3-12(11-7-5-4-6-8-11)15(19)17-16-18(2)13-9-23(20,21)10-14(13)22-16/h4-8,12-14H,3,9-10H2,1-2H3/t12-,13+,14-/m1/s1. The average molecular weight is 352 g/mol. The molecular formula is C16H20N2O3S2. The minimum absolute atomic E-state index is 0.00616. The van der Waals surface area contributed by atoms with E-state index in [0.717, 1.165) is 5.56 Å². The van der Waals surface area contributed by atoms with Crippen molar-refractivity contribution in [2.45, 2.75) is 30.6 Å². The highest BCUT2D eigenvalue weighted by Gasteiger charge is 2.47. The van der Waals surface area contributed by atoms with Crippen LogP contribution >= 0.6 is 11.8 Å². The van der Waals surface area contributed by atoms with Crippen molar-refractivity contribution in [1.82, 2.24) is 4.90 Å². The molecule has 0 unspecified atom stereocenters. The highest BCUT2D eigenvalue weighted by molar-refractivity contribution is 8.15. The topological polar surface area (TPSA) is 66.8 Å². The number of thioether (sulfide) groups is 1. The van der Waals surface area contributed by atoms with Crippen molar-refractivity contribution in [3.8, 4) is 0 Å². The molecule has 124 valence electrons. The van der Waals surface area contributed by atoms with Crippen molar-refractivity contribution >= 4 is 32.7 Å². The molecule has 0 radical (unpaired) electrons. The summed E-state index contributed by atoms with van der Waals surface area (Å²) >= 11 is 1.42. The number of amidine groups is 1. The zero-order valence-corrected chi connectivity index (χ0v) is 14.8. The van der Waals surface area contributed by atoms with Gasteiger partial charge in [-0.25, -0.2) is 8.42 Å². The minimum atomic E-state index is -2.96. The zero-order valence-electron chi connectivity index (χ0n) is 13.2. The monoisotopic (exact) mass is 352 g/mol. The third kappa shape index (κ3) is 3.30. The Hall–Kier alpha value is -1.34. The molecule has 23 heavy (non-hydrogen) atoms. The maximum atomic E-state index is 12.6. The Kier molecular flexibility index (Phi) is 4.51. The molecule has 5 nitrogen and oxygen atoms in total. The van der Waals surface area contributed by atoms with Gasteiger partial charge in [0.2, 0.25) is 0 Å². The number of benzene rings is 1. The van der Waals surface area contributed by atoms with E-state index in [4.69, 9.17) is 0 Å². The molecule has 2 aliphatic rings. The number of fused-ring (bicyclic) bond motifs is 1. The van der Waals surface area contributed by atoms with Crippen LogP contribution in [-0.4, -0.2) is 54.2 Å². The first-order valence-corrected chi connectivity index (χ1v) is 10.4. The van der Waals surface area contributed by atoms with E-state index in [9.17, 15) is 13.2 Å². The van der Waals surface area contributed by atoms with E-state index in [1.54, 1.807) is 0 Å². The largest absolute Gasteiger partial charge is 0.349 e. The third-order valence-corrected chi connectivity index (χ3v) is 7.74. The summed E-state index contributed by atoms with van der Waals surface area (Å²) < 4.78 is 23.4. The van der Waals surface area contributed by atoms with Crippen molar-refractivity contribution in [3.63, 3.8) is 0 Å². The van der Waals surface area contributed by atoms with Gasteiger partial charge in [0.25, 0.3) is 5.91 Å². The van der Waals surface area contributed by atoms with E-state index in [2.05, 4.69) is 4.99 Å². The molecule has 3 atom stereocenters. The Morgan fingerprint density at radius 3 is 2.65 bits per heavy atom. The molecule has 0 spiro atoms. The van der Waals surface area contributed by atoms with Gasteiger partial charge in [-0.15, -0.1) is 0 Å². The van der Waals surface area contributed by atoms with Crippen LogP contribution in [0.5, 0.6) is 0 Å². The lowest BCUT2D eigenvalue weighted by molar-refractivity contribution is -0.119. The van der Waals surface area contributed by atoms with Gasteiger partial charge in [0.15, 0.2) is 15.0 Å². The SMILES string of the molecule is CC[C@@H](C(=O)N=C1S[C@@H]2CS(=O)(=O)C[C@@H]2N1C)c1ccccc1. The zero-order chi connectivity index (χ0) is 16.6. The summed E-state index contributed by atoms with van der Waals surface area (Å²) in [6.07, 6.45) is 0.690. The van der Waals surface area contributed by atoms with Crippen LogP contribution in [0.1, 0.15) is 24.8 Å². The van der Waals surface area contributed by atoms with Crippen LogP contribution in [0.2, 0.25) is 0 Å². The molecule has 0 aromatic heterocycles. The van der Waals surface area contributed by atoms with Gasteiger partial charge in [-0.2, -0.15) is 4.99 Å². The molecule has 2 heterocycles. The van der Waals surface area contributed by atoms with E-state index in [0.29, 0.717) is 11.6 Å². The number of nitrogens with zero attached hydrogens (tertiary/aromatic N) is 2.